The van der Waals surface area contributed by atoms with E-state index in [1.54, 1.807) is 26.8 Å². The third kappa shape index (κ3) is 17.1. The highest BCUT2D eigenvalue weighted by atomic mass is 32.2. The van der Waals surface area contributed by atoms with Gasteiger partial charge in [0.1, 0.15) is 19.4 Å². The first kappa shape index (κ1) is 34.7. The van der Waals surface area contributed by atoms with Gasteiger partial charge in [0.15, 0.2) is 0 Å². The zero-order valence-corrected chi connectivity index (χ0v) is 26.1. The number of benzene rings is 1. The number of hydrogen-bond acceptors (Lipinski definition) is 9. The number of carbonyl (C=O) groups is 1. The van der Waals surface area contributed by atoms with Crippen LogP contribution in [0.4, 0.5) is 10.5 Å². The van der Waals surface area contributed by atoms with Crippen LogP contribution in [0.3, 0.4) is 0 Å². The number of nitrogens with one attached hydrogen (secondary N) is 3. The SMILES string of the molecule is COc1cc(S(=O)(=O)NCCOCCOCCOCCNC(=O)OC(C)(C)C)ccc1NCC#C[Si](C)(C)C. The minimum absolute atomic E-state index is 0.0997. The number of anilines is 1. The average molecular weight is 588 g/mol. The summed E-state index contributed by atoms with van der Waals surface area (Å²) >= 11 is 0. The Balaban J connectivity index is 2.21. The summed E-state index contributed by atoms with van der Waals surface area (Å²) in [5.74, 6) is 3.53. The highest BCUT2D eigenvalue weighted by Gasteiger charge is 2.17. The van der Waals surface area contributed by atoms with E-state index in [1.165, 1.54) is 19.2 Å². The van der Waals surface area contributed by atoms with Crippen molar-refractivity contribution in [3.63, 3.8) is 0 Å². The van der Waals surface area contributed by atoms with Gasteiger partial charge in [-0.1, -0.05) is 25.6 Å². The standard InChI is InChI=1S/C26H45N3O8SSi/c1-26(2,3)37-25(30)28-12-14-34-16-18-36-19-17-35-15-13-29-38(31,32)22-9-10-23(24(21-22)33-4)27-11-8-20-39(5,6)7/h9-10,21,27,29H,11-19H2,1-7H3,(H,28,30). The molecule has 0 fully saturated rings. The number of ether oxygens (including phenoxy) is 5. The molecule has 0 saturated carbocycles. The second-order valence-electron chi connectivity index (χ2n) is 10.4. The molecule has 0 atom stereocenters. The number of sulfonamides is 1. The van der Waals surface area contributed by atoms with Crippen LogP contribution in [0.25, 0.3) is 0 Å². The lowest BCUT2D eigenvalue weighted by Crippen LogP contribution is -2.34. The number of carbonyl (C=O) groups excluding carboxylic acids is 1. The fourth-order valence-electron chi connectivity index (χ4n) is 2.85. The van der Waals surface area contributed by atoms with Gasteiger partial charge >= 0.3 is 6.09 Å². The van der Waals surface area contributed by atoms with Crippen molar-refractivity contribution in [2.45, 2.75) is 50.9 Å². The van der Waals surface area contributed by atoms with E-state index in [2.05, 4.69) is 46.5 Å². The molecule has 0 saturated heterocycles. The average Bonchev–Trinajstić information content (AvgIpc) is 2.83. The summed E-state index contributed by atoms with van der Waals surface area (Å²) in [6.45, 7) is 14.8. The van der Waals surface area contributed by atoms with Crippen LogP contribution >= 0.6 is 0 Å². The zero-order chi connectivity index (χ0) is 29.4. The van der Waals surface area contributed by atoms with Crippen molar-refractivity contribution in [1.82, 2.24) is 10.0 Å². The van der Waals surface area contributed by atoms with Crippen LogP contribution in [-0.2, 0) is 29.0 Å². The Hall–Kier alpha value is -2.34. The first-order valence-corrected chi connectivity index (χ1v) is 17.8. The Morgan fingerprint density at radius 3 is 2.10 bits per heavy atom. The maximum absolute atomic E-state index is 12.6. The largest absolute Gasteiger partial charge is 0.495 e. The van der Waals surface area contributed by atoms with Crippen molar-refractivity contribution in [1.29, 1.82) is 0 Å². The summed E-state index contributed by atoms with van der Waals surface area (Å²) in [5, 5.41) is 5.77. The molecule has 39 heavy (non-hydrogen) atoms. The third-order valence-corrected chi connectivity index (χ3v) is 6.90. The Bertz CT molecular complexity index is 1040. The summed E-state index contributed by atoms with van der Waals surface area (Å²) in [7, 11) is -3.68. The molecule has 1 rings (SSSR count). The molecule has 0 radical (unpaired) electrons. The molecule has 0 unspecified atom stereocenters. The minimum Gasteiger partial charge on any atom is -0.495 e. The van der Waals surface area contributed by atoms with Crippen molar-refractivity contribution in [2.75, 3.05) is 71.7 Å². The molecule has 0 spiro atoms. The summed E-state index contributed by atoms with van der Waals surface area (Å²) in [4.78, 5) is 11.6. The summed E-state index contributed by atoms with van der Waals surface area (Å²) < 4.78 is 54.5. The van der Waals surface area contributed by atoms with E-state index in [4.69, 9.17) is 23.7 Å². The zero-order valence-electron chi connectivity index (χ0n) is 24.3. The molecule has 222 valence electrons. The maximum Gasteiger partial charge on any atom is 0.407 e. The van der Waals surface area contributed by atoms with Crippen LogP contribution < -0.4 is 20.1 Å². The Labute approximate surface area is 234 Å². The van der Waals surface area contributed by atoms with Gasteiger partial charge in [0.2, 0.25) is 10.0 Å². The van der Waals surface area contributed by atoms with E-state index in [-0.39, 0.29) is 18.0 Å². The smallest absolute Gasteiger partial charge is 0.407 e. The van der Waals surface area contributed by atoms with E-state index in [9.17, 15) is 13.2 Å². The second kappa shape index (κ2) is 17.4. The van der Waals surface area contributed by atoms with Gasteiger partial charge in [-0.25, -0.2) is 17.9 Å². The first-order valence-electron chi connectivity index (χ1n) is 12.9. The molecule has 1 aromatic rings. The van der Waals surface area contributed by atoms with E-state index in [1.807, 2.05) is 0 Å². The molecular weight excluding hydrogens is 542 g/mol. The van der Waals surface area contributed by atoms with Gasteiger partial charge in [0.05, 0.1) is 63.9 Å². The van der Waals surface area contributed by atoms with Crippen LogP contribution in [0.15, 0.2) is 23.1 Å². The van der Waals surface area contributed by atoms with Crippen LogP contribution in [0.2, 0.25) is 19.6 Å². The van der Waals surface area contributed by atoms with Crippen molar-refractivity contribution in [2.24, 2.45) is 0 Å². The van der Waals surface area contributed by atoms with Gasteiger partial charge in [-0.2, -0.15) is 0 Å². The number of rotatable bonds is 17. The quantitative estimate of drug-likeness (QED) is 0.143. The second-order valence-corrected chi connectivity index (χ2v) is 16.9. The van der Waals surface area contributed by atoms with Crippen LogP contribution in [-0.4, -0.2) is 94.6 Å². The molecular formula is C26H45N3O8SSi. The van der Waals surface area contributed by atoms with Gasteiger partial charge < -0.3 is 34.3 Å². The molecule has 1 aromatic carbocycles. The van der Waals surface area contributed by atoms with Crippen LogP contribution in [0.5, 0.6) is 5.75 Å². The van der Waals surface area contributed by atoms with Crippen molar-refractivity contribution in [3.05, 3.63) is 18.2 Å². The number of alkyl carbamates (subject to hydrolysis) is 1. The summed E-state index contributed by atoms with van der Waals surface area (Å²) in [5.41, 5.74) is 3.41. The number of hydrogen-bond donors (Lipinski definition) is 3. The molecule has 0 aliphatic carbocycles. The molecule has 0 aliphatic rings. The minimum atomic E-state index is -3.72. The Kier molecular flexibility index (Phi) is 15.4. The van der Waals surface area contributed by atoms with Crippen LogP contribution in [0.1, 0.15) is 20.8 Å². The van der Waals surface area contributed by atoms with Gasteiger partial charge in [-0.3, -0.25) is 0 Å². The van der Waals surface area contributed by atoms with Crippen LogP contribution in [0, 0.1) is 11.5 Å². The predicted octanol–water partition coefficient (Wildman–Crippen LogP) is 2.84. The lowest BCUT2D eigenvalue weighted by atomic mass is 10.2. The van der Waals surface area contributed by atoms with Gasteiger partial charge in [-0.05, 0) is 32.9 Å². The summed E-state index contributed by atoms with van der Waals surface area (Å²) in [6, 6.07) is 4.66. The van der Waals surface area contributed by atoms with Crippen molar-refractivity contribution in [3.8, 4) is 17.2 Å². The summed E-state index contributed by atoms with van der Waals surface area (Å²) in [6.07, 6.45) is -0.481. The normalized spacial score (nSPS) is 11.9. The lowest BCUT2D eigenvalue weighted by Gasteiger charge is -2.19. The molecule has 0 aliphatic heterocycles. The fourth-order valence-corrected chi connectivity index (χ4v) is 4.49. The van der Waals surface area contributed by atoms with Gasteiger partial charge in [0, 0.05) is 19.2 Å². The van der Waals surface area contributed by atoms with Crippen molar-refractivity contribution < 1.29 is 36.9 Å². The van der Waals surface area contributed by atoms with E-state index < -0.39 is 29.8 Å². The molecule has 0 heterocycles. The number of methoxy groups -OCH3 is 1. The molecule has 0 aromatic heterocycles. The topological polar surface area (TPSA) is 133 Å². The Morgan fingerprint density at radius 1 is 0.949 bits per heavy atom. The Morgan fingerprint density at radius 2 is 1.54 bits per heavy atom. The molecule has 13 heteroatoms. The number of amides is 1. The van der Waals surface area contributed by atoms with Crippen molar-refractivity contribution >= 4 is 29.9 Å². The lowest BCUT2D eigenvalue weighted by molar-refractivity contribution is 0.0150. The maximum atomic E-state index is 12.6. The third-order valence-electron chi connectivity index (χ3n) is 4.51. The monoisotopic (exact) mass is 587 g/mol. The first-order chi connectivity index (χ1) is 18.2. The van der Waals surface area contributed by atoms with Gasteiger partial charge in [0.25, 0.3) is 0 Å². The molecule has 3 N–H and O–H groups in total. The van der Waals surface area contributed by atoms with E-state index >= 15 is 0 Å². The fraction of sp³-hybridized carbons (Fsp3) is 0.654. The van der Waals surface area contributed by atoms with E-state index in [0.717, 1.165) is 0 Å². The molecule has 0 bridgehead atoms. The molecule has 11 nitrogen and oxygen atoms in total. The van der Waals surface area contributed by atoms with E-state index in [0.29, 0.717) is 57.6 Å². The highest BCUT2D eigenvalue weighted by molar-refractivity contribution is 7.89. The highest BCUT2D eigenvalue weighted by Crippen LogP contribution is 2.27. The van der Waals surface area contributed by atoms with Gasteiger partial charge in [-0.15, -0.1) is 5.54 Å². The molecule has 1 amide bonds. The predicted molar refractivity (Wildman–Crippen MR) is 154 cm³/mol.